The van der Waals surface area contributed by atoms with Crippen LogP contribution in [0.25, 0.3) is 10.8 Å². The van der Waals surface area contributed by atoms with E-state index in [1.54, 1.807) is 0 Å². The van der Waals surface area contributed by atoms with Crippen molar-refractivity contribution in [3.63, 3.8) is 0 Å². The van der Waals surface area contributed by atoms with Gasteiger partial charge in [-0.15, -0.1) is 0 Å². The zero-order valence-corrected chi connectivity index (χ0v) is 10.4. The number of nitrogens with two attached hydrogens (primary N) is 1. The number of rotatable bonds is 5. The van der Waals surface area contributed by atoms with E-state index in [-0.39, 0.29) is 0 Å². The van der Waals surface area contributed by atoms with Crippen LogP contribution in [0.15, 0.2) is 36.4 Å². The molecule has 0 amide bonds. The van der Waals surface area contributed by atoms with Crippen molar-refractivity contribution in [3.05, 3.63) is 36.4 Å². The van der Waals surface area contributed by atoms with Crippen LogP contribution in [0.5, 0.6) is 0 Å². The number of nitrogens with one attached hydrogen (secondary N) is 1. The topological polar surface area (TPSA) is 38.0 Å². The molecule has 0 spiro atoms. The SMILES string of the molecule is CCCCCNc1c(N)ccc2ccccc12. The third kappa shape index (κ3) is 2.70. The van der Waals surface area contributed by atoms with E-state index in [1.165, 1.54) is 30.0 Å². The average Bonchev–Trinajstić information content (AvgIpc) is 2.37. The van der Waals surface area contributed by atoms with Gasteiger partial charge in [0.2, 0.25) is 0 Å². The van der Waals surface area contributed by atoms with Crippen LogP contribution < -0.4 is 11.1 Å². The number of unbranched alkanes of at least 4 members (excludes halogenated alkanes) is 2. The van der Waals surface area contributed by atoms with Gasteiger partial charge < -0.3 is 11.1 Å². The molecule has 0 radical (unpaired) electrons. The van der Waals surface area contributed by atoms with E-state index in [4.69, 9.17) is 5.73 Å². The Morgan fingerprint density at radius 3 is 2.71 bits per heavy atom. The molecule has 90 valence electrons. The van der Waals surface area contributed by atoms with Crippen molar-refractivity contribution in [2.45, 2.75) is 26.2 Å². The van der Waals surface area contributed by atoms with Gasteiger partial charge in [-0.2, -0.15) is 0 Å². The van der Waals surface area contributed by atoms with Crippen LogP contribution in [-0.2, 0) is 0 Å². The summed E-state index contributed by atoms with van der Waals surface area (Å²) in [6.45, 7) is 3.21. The highest BCUT2D eigenvalue weighted by atomic mass is 14.9. The molecule has 0 aliphatic rings. The van der Waals surface area contributed by atoms with E-state index < -0.39 is 0 Å². The van der Waals surface area contributed by atoms with E-state index in [1.807, 2.05) is 6.07 Å². The van der Waals surface area contributed by atoms with E-state index in [9.17, 15) is 0 Å². The summed E-state index contributed by atoms with van der Waals surface area (Å²) in [6.07, 6.45) is 3.70. The number of anilines is 2. The molecule has 0 bridgehead atoms. The Bertz CT molecular complexity index is 491. The lowest BCUT2D eigenvalue weighted by molar-refractivity contribution is 0.744. The summed E-state index contributed by atoms with van der Waals surface area (Å²) >= 11 is 0. The highest BCUT2D eigenvalue weighted by Gasteiger charge is 2.03. The molecule has 0 aromatic heterocycles. The highest BCUT2D eigenvalue weighted by molar-refractivity contribution is 5.99. The van der Waals surface area contributed by atoms with Gasteiger partial charge in [-0.25, -0.2) is 0 Å². The number of hydrogen-bond donors (Lipinski definition) is 2. The van der Waals surface area contributed by atoms with Crippen molar-refractivity contribution in [2.75, 3.05) is 17.6 Å². The van der Waals surface area contributed by atoms with Gasteiger partial charge in [0.05, 0.1) is 11.4 Å². The third-order valence-corrected chi connectivity index (χ3v) is 3.04. The van der Waals surface area contributed by atoms with Crippen molar-refractivity contribution in [3.8, 4) is 0 Å². The predicted molar refractivity (Wildman–Crippen MR) is 76.4 cm³/mol. The minimum atomic E-state index is 0.834. The van der Waals surface area contributed by atoms with Crippen molar-refractivity contribution in [1.29, 1.82) is 0 Å². The fourth-order valence-corrected chi connectivity index (χ4v) is 2.07. The molecule has 2 aromatic rings. The standard InChI is InChI=1S/C15H20N2/c1-2-3-6-11-17-15-13-8-5-4-7-12(13)9-10-14(15)16/h4-5,7-10,17H,2-3,6,11,16H2,1H3. The summed E-state index contributed by atoms with van der Waals surface area (Å²) in [4.78, 5) is 0. The molecule has 0 saturated heterocycles. The Kier molecular flexibility index (Phi) is 3.86. The maximum Gasteiger partial charge on any atom is 0.0653 e. The zero-order valence-electron chi connectivity index (χ0n) is 10.4. The molecule has 2 nitrogen and oxygen atoms in total. The van der Waals surface area contributed by atoms with Crippen LogP contribution in [0.4, 0.5) is 11.4 Å². The summed E-state index contributed by atoms with van der Waals surface area (Å²) in [5, 5.41) is 5.91. The highest BCUT2D eigenvalue weighted by Crippen LogP contribution is 2.29. The fourth-order valence-electron chi connectivity index (χ4n) is 2.07. The van der Waals surface area contributed by atoms with Gasteiger partial charge in [-0.3, -0.25) is 0 Å². The van der Waals surface area contributed by atoms with Crippen LogP contribution in [0, 0.1) is 0 Å². The van der Waals surface area contributed by atoms with Gasteiger partial charge >= 0.3 is 0 Å². The Morgan fingerprint density at radius 2 is 1.88 bits per heavy atom. The maximum absolute atomic E-state index is 6.04. The molecule has 0 fully saturated rings. The molecular formula is C15H20N2. The van der Waals surface area contributed by atoms with Crippen LogP contribution in [0.3, 0.4) is 0 Å². The summed E-state index contributed by atoms with van der Waals surface area (Å²) in [7, 11) is 0. The molecule has 17 heavy (non-hydrogen) atoms. The Morgan fingerprint density at radius 1 is 1.06 bits per heavy atom. The lowest BCUT2D eigenvalue weighted by Crippen LogP contribution is -2.04. The smallest absolute Gasteiger partial charge is 0.0653 e. The summed E-state index contributed by atoms with van der Waals surface area (Å²) in [6, 6.07) is 12.4. The van der Waals surface area contributed by atoms with Gasteiger partial charge in [-0.05, 0) is 17.9 Å². The first-order chi connectivity index (χ1) is 8.33. The minimum Gasteiger partial charge on any atom is -0.397 e. The van der Waals surface area contributed by atoms with Gasteiger partial charge in [0.25, 0.3) is 0 Å². The molecule has 0 aliphatic heterocycles. The van der Waals surface area contributed by atoms with Gasteiger partial charge in [-0.1, -0.05) is 50.1 Å². The van der Waals surface area contributed by atoms with Gasteiger partial charge in [0.1, 0.15) is 0 Å². The lowest BCUT2D eigenvalue weighted by Gasteiger charge is -2.12. The second kappa shape index (κ2) is 5.58. The van der Waals surface area contributed by atoms with Crippen LogP contribution >= 0.6 is 0 Å². The van der Waals surface area contributed by atoms with Crippen LogP contribution in [0.1, 0.15) is 26.2 Å². The zero-order chi connectivity index (χ0) is 12.1. The third-order valence-electron chi connectivity index (χ3n) is 3.04. The molecule has 0 heterocycles. The van der Waals surface area contributed by atoms with Crippen LogP contribution in [-0.4, -0.2) is 6.54 Å². The monoisotopic (exact) mass is 228 g/mol. The molecule has 3 N–H and O–H groups in total. The molecule has 2 heteroatoms. The van der Waals surface area contributed by atoms with E-state index in [2.05, 4.69) is 42.6 Å². The number of nitrogen functional groups attached to an aromatic ring is 1. The van der Waals surface area contributed by atoms with E-state index in [0.29, 0.717) is 0 Å². The Labute approximate surface area is 103 Å². The molecule has 2 rings (SSSR count). The number of fused-ring (bicyclic) bond motifs is 1. The van der Waals surface area contributed by atoms with E-state index >= 15 is 0 Å². The summed E-state index contributed by atoms with van der Waals surface area (Å²) in [5.74, 6) is 0. The number of hydrogen-bond acceptors (Lipinski definition) is 2. The average molecular weight is 228 g/mol. The first kappa shape index (κ1) is 11.8. The van der Waals surface area contributed by atoms with Crippen molar-refractivity contribution >= 4 is 22.1 Å². The van der Waals surface area contributed by atoms with Crippen molar-refractivity contribution in [1.82, 2.24) is 0 Å². The molecule has 2 aromatic carbocycles. The van der Waals surface area contributed by atoms with Crippen molar-refractivity contribution < 1.29 is 0 Å². The van der Waals surface area contributed by atoms with Crippen LogP contribution in [0.2, 0.25) is 0 Å². The van der Waals surface area contributed by atoms with E-state index in [0.717, 1.165) is 17.9 Å². The molecule has 0 atom stereocenters. The molecule has 0 unspecified atom stereocenters. The van der Waals surface area contributed by atoms with Gasteiger partial charge in [0, 0.05) is 11.9 Å². The quantitative estimate of drug-likeness (QED) is 0.599. The maximum atomic E-state index is 6.04. The normalized spacial score (nSPS) is 10.6. The minimum absolute atomic E-state index is 0.834. The second-order valence-electron chi connectivity index (χ2n) is 4.38. The Balaban J connectivity index is 2.22. The van der Waals surface area contributed by atoms with Crippen molar-refractivity contribution in [2.24, 2.45) is 0 Å². The molecule has 0 aliphatic carbocycles. The summed E-state index contributed by atoms with van der Waals surface area (Å²) in [5.41, 5.74) is 7.95. The molecule has 0 saturated carbocycles. The lowest BCUT2D eigenvalue weighted by atomic mass is 10.1. The Hall–Kier alpha value is -1.70. The molecular weight excluding hydrogens is 208 g/mol. The summed E-state index contributed by atoms with van der Waals surface area (Å²) < 4.78 is 0. The first-order valence-corrected chi connectivity index (χ1v) is 6.34. The first-order valence-electron chi connectivity index (χ1n) is 6.34. The second-order valence-corrected chi connectivity index (χ2v) is 4.38. The fraction of sp³-hybridized carbons (Fsp3) is 0.333. The largest absolute Gasteiger partial charge is 0.397 e. The predicted octanol–water partition coefficient (Wildman–Crippen LogP) is 4.02. The number of benzene rings is 2. The van der Waals surface area contributed by atoms with Gasteiger partial charge in [0.15, 0.2) is 0 Å².